The molecule has 1 aromatic rings. The van der Waals surface area contributed by atoms with Gasteiger partial charge in [0.15, 0.2) is 0 Å². The highest BCUT2D eigenvalue weighted by Crippen LogP contribution is 2.32. The molecule has 16 heavy (non-hydrogen) atoms. The normalized spacial score (nSPS) is 24.5. The molecule has 4 nitrogen and oxygen atoms in total. The Morgan fingerprint density at radius 3 is 2.81 bits per heavy atom. The number of alkyl carbamates (subject to hydrolysis) is 1. The van der Waals surface area contributed by atoms with E-state index in [1.54, 1.807) is 7.11 Å². The third-order valence-electron chi connectivity index (χ3n) is 2.90. The number of ether oxygens (including phenoxy) is 2. The van der Waals surface area contributed by atoms with E-state index in [0.29, 0.717) is 13.2 Å². The second-order valence-electron chi connectivity index (χ2n) is 4.19. The van der Waals surface area contributed by atoms with E-state index in [1.165, 1.54) is 0 Å². The molecule has 1 atom stereocenters. The number of rotatable bonds is 2. The summed E-state index contributed by atoms with van der Waals surface area (Å²) in [7, 11) is 1.64. The smallest absolute Gasteiger partial charge is 0.407 e. The monoisotopic (exact) mass is 221 g/mol. The van der Waals surface area contributed by atoms with Gasteiger partial charge in [-0.2, -0.15) is 0 Å². The molecule has 0 spiro atoms. The van der Waals surface area contributed by atoms with Gasteiger partial charge in [-0.3, -0.25) is 0 Å². The Morgan fingerprint density at radius 2 is 2.19 bits per heavy atom. The predicted octanol–water partition coefficient (Wildman–Crippen LogP) is 1.69. The molecular formula is C12H15NO3. The average molecular weight is 221 g/mol. The van der Waals surface area contributed by atoms with Gasteiger partial charge in [0.1, 0.15) is 12.4 Å². The SMILES string of the molecule is COc1ccccc1C1(C)CNC(=O)OC1. The highest BCUT2D eigenvalue weighted by atomic mass is 16.6. The summed E-state index contributed by atoms with van der Waals surface area (Å²) in [4.78, 5) is 11.0. The van der Waals surface area contributed by atoms with Gasteiger partial charge in [0.2, 0.25) is 0 Å². The Bertz CT molecular complexity index is 393. The van der Waals surface area contributed by atoms with E-state index in [9.17, 15) is 4.79 Å². The van der Waals surface area contributed by atoms with Gasteiger partial charge in [0.25, 0.3) is 0 Å². The molecule has 2 rings (SSSR count). The molecule has 1 aliphatic heterocycles. The second-order valence-corrected chi connectivity index (χ2v) is 4.19. The maximum Gasteiger partial charge on any atom is 0.407 e. The number of nitrogens with one attached hydrogen (secondary N) is 1. The summed E-state index contributed by atoms with van der Waals surface area (Å²) in [5.41, 5.74) is 0.818. The largest absolute Gasteiger partial charge is 0.496 e. The van der Waals surface area contributed by atoms with Crippen molar-refractivity contribution in [2.75, 3.05) is 20.3 Å². The predicted molar refractivity (Wildman–Crippen MR) is 59.7 cm³/mol. The van der Waals surface area contributed by atoms with Gasteiger partial charge >= 0.3 is 6.09 Å². The molecular weight excluding hydrogens is 206 g/mol. The Hall–Kier alpha value is -1.71. The lowest BCUT2D eigenvalue weighted by Gasteiger charge is -2.34. The van der Waals surface area contributed by atoms with Gasteiger partial charge < -0.3 is 14.8 Å². The zero-order valence-electron chi connectivity index (χ0n) is 9.45. The molecule has 1 fully saturated rings. The summed E-state index contributed by atoms with van der Waals surface area (Å²) in [5.74, 6) is 0.824. The van der Waals surface area contributed by atoms with E-state index >= 15 is 0 Å². The molecule has 1 N–H and O–H groups in total. The van der Waals surface area contributed by atoms with Crippen LogP contribution in [0.5, 0.6) is 5.75 Å². The highest BCUT2D eigenvalue weighted by molar-refractivity contribution is 5.68. The number of para-hydroxylation sites is 1. The number of carbonyl (C=O) groups is 1. The van der Waals surface area contributed by atoms with E-state index in [2.05, 4.69) is 5.32 Å². The topological polar surface area (TPSA) is 47.6 Å². The van der Waals surface area contributed by atoms with Crippen molar-refractivity contribution in [3.8, 4) is 5.75 Å². The van der Waals surface area contributed by atoms with Crippen molar-refractivity contribution < 1.29 is 14.3 Å². The first-order chi connectivity index (χ1) is 7.65. The summed E-state index contributed by atoms with van der Waals surface area (Å²) >= 11 is 0. The fourth-order valence-electron chi connectivity index (χ4n) is 1.91. The number of hydrogen-bond donors (Lipinski definition) is 1. The number of benzene rings is 1. The number of carbonyl (C=O) groups excluding carboxylic acids is 1. The lowest BCUT2D eigenvalue weighted by Crippen LogP contribution is -2.48. The van der Waals surface area contributed by atoms with Crippen molar-refractivity contribution in [3.05, 3.63) is 29.8 Å². The molecule has 0 radical (unpaired) electrons. The molecule has 86 valence electrons. The Kier molecular flexibility index (Phi) is 2.73. The van der Waals surface area contributed by atoms with Crippen LogP contribution < -0.4 is 10.1 Å². The average Bonchev–Trinajstić information content (AvgIpc) is 2.33. The molecule has 1 unspecified atom stereocenters. The summed E-state index contributed by atoms with van der Waals surface area (Å²) < 4.78 is 10.4. The highest BCUT2D eigenvalue weighted by Gasteiger charge is 2.35. The van der Waals surface area contributed by atoms with Crippen molar-refractivity contribution in [1.29, 1.82) is 0 Å². The lowest BCUT2D eigenvalue weighted by molar-refractivity contribution is 0.0920. The van der Waals surface area contributed by atoms with Crippen LogP contribution >= 0.6 is 0 Å². The van der Waals surface area contributed by atoms with Crippen LogP contribution in [-0.4, -0.2) is 26.4 Å². The van der Waals surface area contributed by atoms with E-state index < -0.39 is 0 Å². The van der Waals surface area contributed by atoms with Crippen LogP contribution in [0.2, 0.25) is 0 Å². The van der Waals surface area contributed by atoms with Crippen molar-refractivity contribution in [3.63, 3.8) is 0 Å². The minimum Gasteiger partial charge on any atom is -0.496 e. The van der Waals surface area contributed by atoms with E-state index in [4.69, 9.17) is 9.47 Å². The fourth-order valence-corrected chi connectivity index (χ4v) is 1.91. The van der Waals surface area contributed by atoms with Crippen LogP contribution in [0.25, 0.3) is 0 Å². The van der Waals surface area contributed by atoms with Gasteiger partial charge in [0, 0.05) is 17.5 Å². The van der Waals surface area contributed by atoms with E-state index in [0.717, 1.165) is 11.3 Å². The number of methoxy groups -OCH3 is 1. The summed E-state index contributed by atoms with van der Waals surface area (Å²) in [6.07, 6.45) is -0.354. The van der Waals surface area contributed by atoms with Crippen molar-refractivity contribution in [1.82, 2.24) is 5.32 Å². The van der Waals surface area contributed by atoms with Gasteiger partial charge in [-0.25, -0.2) is 4.79 Å². The first kappa shape index (κ1) is 10.8. The van der Waals surface area contributed by atoms with Gasteiger partial charge in [-0.1, -0.05) is 25.1 Å². The van der Waals surface area contributed by atoms with Crippen molar-refractivity contribution >= 4 is 6.09 Å². The fraction of sp³-hybridized carbons (Fsp3) is 0.417. The van der Waals surface area contributed by atoms with Crippen molar-refractivity contribution in [2.45, 2.75) is 12.3 Å². The van der Waals surface area contributed by atoms with Crippen LogP contribution in [0, 0.1) is 0 Å². The quantitative estimate of drug-likeness (QED) is 0.826. The molecule has 1 saturated heterocycles. The van der Waals surface area contributed by atoms with Crippen LogP contribution in [0.1, 0.15) is 12.5 Å². The first-order valence-corrected chi connectivity index (χ1v) is 5.20. The molecule has 1 heterocycles. The standard InChI is InChI=1S/C12H15NO3/c1-12(7-13-11(14)16-8-12)9-5-3-4-6-10(9)15-2/h3-6H,7-8H2,1-2H3,(H,13,14). The Balaban J connectivity index is 2.32. The third kappa shape index (κ3) is 1.83. The van der Waals surface area contributed by atoms with Gasteiger partial charge in [-0.15, -0.1) is 0 Å². The summed E-state index contributed by atoms with van der Waals surface area (Å²) in [6, 6.07) is 7.80. The van der Waals surface area contributed by atoms with Gasteiger partial charge in [-0.05, 0) is 6.07 Å². The Morgan fingerprint density at radius 1 is 1.44 bits per heavy atom. The summed E-state index contributed by atoms with van der Waals surface area (Å²) in [6.45, 7) is 2.98. The minimum atomic E-state index is -0.354. The molecule has 0 aromatic heterocycles. The lowest BCUT2D eigenvalue weighted by atomic mass is 9.82. The van der Waals surface area contributed by atoms with Crippen LogP contribution in [0.15, 0.2) is 24.3 Å². The third-order valence-corrected chi connectivity index (χ3v) is 2.90. The maximum absolute atomic E-state index is 11.0. The molecule has 0 saturated carbocycles. The molecule has 0 bridgehead atoms. The number of cyclic esters (lactones) is 1. The molecule has 4 heteroatoms. The molecule has 1 aromatic carbocycles. The van der Waals surface area contributed by atoms with Gasteiger partial charge in [0.05, 0.1) is 7.11 Å². The number of hydrogen-bond acceptors (Lipinski definition) is 3. The first-order valence-electron chi connectivity index (χ1n) is 5.20. The molecule has 1 aliphatic rings. The molecule has 0 aliphatic carbocycles. The second kappa shape index (κ2) is 4.04. The van der Waals surface area contributed by atoms with Crippen LogP contribution in [0.4, 0.5) is 4.79 Å². The Labute approximate surface area is 94.6 Å². The molecule has 1 amide bonds. The zero-order valence-corrected chi connectivity index (χ0v) is 9.45. The van der Waals surface area contributed by atoms with Crippen LogP contribution in [-0.2, 0) is 10.2 Å². The number of amides is 1. The van der Waals surface area contributed by atoms with Crippen molar-refractivity contribution in [2.24, 2.45) is 0 Å². The van der Waals surface area contributed by atoms with Crippen LogP contribution in [0.3, 0.4) is 0 Å². The van der Waals surface area contributed by atoms with E-state index in [1.807, 2.05) is 31.2 Å². The summed E-state index contributed by atoms with van der Waals surface area (Å²) in [5, 5.41) is 2.71. The maximum atomic E-state index is 11.0. The minimum absolute atomic E-state index is 0.236. The zero-order chi connectivity index (χ0) is 11.6. The van der Waals surface area contributed by atoms with E-state index in [-0.39, 0.29) is 11.5 Å².